The molecular weight excluding hydrogens is 224 g/mol. The van der Waals surface area contributed by atoms with Crippen LogP contribution in [-0.2, 0) is 4.74 Å². The zero-order valence-electron chi connectivity index (χ0n) is 11.9. The maximum Gasteiger partial charge on any atom is 0.0561 e. The SMILES string of the molecule is CC1CC(NC2CC3CCCC(C2)N3C)CCO1. The Morgan fingerprint density at radius 1 is 1.00 bits per heavy atom. The van der Waals surface area contributed by atoms with E-state index in [4.69, 9.17) is 4.74 Å². The molecule has 3 rings (SSSR count). The molecule has 3 heterocycles. The number of hydrogen-bond donors (Lipinski definition) is 1. The van der Waals surface area contributed by atoms with Gasteiger partial charge in [0.2, 0.25) is 0 Å². The predicted molar refractivity (Wildman–Crippen MR) is 73.8 cm³/mol. The fourth-order valence-electron chi connectivity index (χ4n) is 4.23. The minimum absolute atomic E-state index is 0.446. The molecule has 0 radical (unpaired) electrons. The molecule has 3 fully saturated rings. The van der Waals surface area contributed by atoms with Gasteiger partial charge >= 0.3 is 0 Å². The molecule has 0 aromatic carbocycles. The number of piperidine rings is 2. The van der Waals surface area contributed by atoms with Gasteiger partial charge in [-0.2, -0.15) is 0 Å². The van der Waals surface area contributed by atoms with Crippen molar-refractivity contribution >= 4 is 0 Å². The Labute approximate surface area is 111 Å². The third-order valence-corrected chi connectivity index (χ3v) is 5.30. The van der Waals surface area contributed by atoms with Gasteiger partial charge in [0.1, 0.15) is 0 Å². The standard InChI is InChI=1S/C15H28N2O/c1-11-8-12(6-7-18-11)16-13-9-14-4-3-5-15(10-13)17(14)2/h11-16H,3-10H2,1-2H3. The van der Waals surface area contributed by atoms with Crippen LogP contribution in [-0.4, -0.2) is 48.8 Å². The quantitative estimate of drug-likeness (QED) is 0.815. The Kier molecular flexibility index (Phi) is 3.92. The highest BCUT2D eigenvalue weighted by atomic mass is 16.5. The van der Waals surface area contributed by atoms with E-state index in [0.29, 0.717) is 12.1 Å². The van der Waals surface area contributed by atoms with Crippen LogP contribution in [0, 0.1) is 0 Å². The van der Waals surface area contributed by atoms with Gasteiger partial charge in [0.15, 0.2) is 0 Å². The maximum absolute atomic E-state index is 5.64. The molecule has 0 aromatic rings. The molecule has 4 unspecified atom stereocenters. The van der Waals surface area contributed by atoms with Crippen molar-refractivity contribution in [3.8, 4) is 0 Å². The Hall–Kier alpha value is -0.120. The number of nitrogens with one attached hydrogen (secondary N) is 1. The number of hydrogen-bond acceptors (Lipinski definition) is 3. The van der Waals surface area contributed by atoms with Gasteiger partial charge in [-0.1, -0.05) is 6.42 Å². The second-order valence-electron chi connectivity index (χ2n) is 6.64. The zero-order valence-corrected chi connectivity index (χ0v) is 11.9. The molecule has 3 heteroatoms. The smallest absolute Gasteiger partial charge is 0.0561 e. The van der Waals surface area contributed by atoms with E-state index in [1.165, 1.54) is 44.9 Å². The van der Waals surface area contributed by atoms with Gasteiger partial charge in [-0.25, -0.2) is 0 Å². The average Bonchev–Trinajstić information content (AvgIpc) is 2.30. The molecule has 3 aliphatic heterocycles. The van der Waals surface area contributed by atoms with Crippen LogP contribution >= 0.6 is 0 Å². The van der Waals surface area contributed by atoms with Gasteiger partial charge in [0, 0.05) is 30.8 Å². The summed E-state index contributed by atoms with van der Waals surface area (Å²) in [5.41, 5.74) is 0. The first kappa shape index (κ1) is 12.9. The molecule has 3 nitrogen and oxygen atoms in total. The third-order valence-electron chi connectivity index (χ3n) is 5.30. The first-order valence-corrected chi connectivity index (χ1v) is 7.82. The highest BCUT2D eigenvalue weighted by Crippen LogP contribution is 2.33. The van der Waals surface area contributed by atoms with Crippen molar-refractivity contribution in [2.24, 2.45) is 0 Å². The van der Waals surface area contributed by atoms with E-state index in [1.807, 2.05) is 0 Å². The third kappa shape index (κ3) is 2.73. The molecule has 4 atom stereocenters. The highest BCUT2D eigenvalue weighted by Gasteiger charge is 2.36. The van der Waals surface area contributed by atoms with Gasteiger partial charge < -0.3 is 15.0 Å². The summed E-state index contributed by atoms with van der Waals surface area (Å²) in [6.45, 7) is 3.15. The molecular formula is C15H28N2O. The number of rotatable bonds is 2. The van der Waals surface area contributed by atoms with E-state index < -0.39 is 0 Å². The predicted octanol–water partition coefficient (Wildman–Crippen LogP) is 2.16. The Morgan fingerprint density at radius 2 is 1.72 bits per heavy atom. The number of ether oxygens (including phenoxy) is 1. The molecule has 0 aliphatic carbocycles. The van der Waals surface area contributed by atoms with E-state index in [0.717, 1.165) is 24.7 Å². The van der Waals surface area contributed by atoms with Crippen LogP contribution in [0.3, 0.4) is 0 Å². The summed E-state index contributed by atoms with van der Waals surface area (Å²) in [7, 11) is 2.33. The van der Waals surface area contributed by atoms with Crippen LogP contribution in [0.25, 0.3) is 0 Å². The summed E-state index contributed by atoms with van der Waals surface area (Å²) in [6, 6.07) is 3.13. The molecule has 0 aromatic heterocycles. The first-order valence-electron chi connectivity index (χ1n) is 7.82. The van der Waals surface area contributed by atoms with Crippen LogP contribution in [0.15, 0.2) is 0 Å². The summed E-state index contributed by atoms with van der Waals surface area (Å²) >= 11 is 0. The Morgan fingerprint density at radius 3 is 2.39 bits per heavy atom. The monoisotopic (exact) mass is 252 g/mol. The molecule has 3 saturated heterocycles. The molecule has 3 aliphatic rings. The van der Waals surface area contributed by atoms with Crippen LogP contribution in [0.1, 0.15) is 51.9 Å². The topological polar surface area (TPSA) is 24.5 Å². The summed E-state index contributed by atoms with van der Waals surface area (Å²) in [4.78, 5) is 2.65. The largest absolute Gasteiger partial charge is 0.378 e. The molecule has 0 amide bonds. The minimum Gasteiger partial charge on any atom is -0.378 e. The van der Waals surface area contributed by atoms with Crippen molar-refractivity contribution in [3.63, 3.8) is 0 Å². The van der Waals surface area contributed by atoms with Gasteiger partial charge in [-0.15, -0.1) is 0 Å². The molecule has 0 spiro atoms. The lowest BCUT2D eigenvalue weighted by Crippen LogP contribution is -2.56. The van der Waals surface area contributed by atoms with E-state index in [-0.39, 0.29) is 0 Å². The minimum atomic E-state index is 0.446. The van der Waals surface area contributed by atoms with Crippen molar-refractivity contribution in [2.45, 2.75) is 82.1 Å². The van der Waals surface area contributed by atoms with Gasteiger partial charge in [-0.3, -0.25) is 0 Å². The fraction of sp³-hybridized carbons (Fsp3) is 1.00. The normalized spacial score (nSPS) is 46.0. The van der Waals surface area contributed by atoms with Gasteiger partial charge in [-0.05, 0) is 52.5 Å². The summed E-state index contributed by atoms with van der Waals surface area (Å²) in [6.07, 6.45) is 9.83. The van der Waals surface area contributed by atoms with E-state index >= 15 is 0 Å². The summed E-state index contributed by atoms with van der Waals surface area (Å²) in [5.74, 6) is 0. The van der Waals surface area contributed by atoms with E-state index in [1.54, 1.807) is 0 Å². The van der Waals surface area contributed by atoms with E-state index in [9.17, 15) is 0 Å². The fourth-order valence-corrected chi connectivity index (χ4v) is 4.23. The number of nitrogens with zero attached hydrogens (tertiary/aromatic N) is 1. The van der Waals surface area contributed by atoms with Crippen LogP contribution < -0.4 is 5.32 Å². The lowest BCUT2D eigenvalue weighted by Gasteiger charge is -2.48. The molecule has 2 bridgehead atoms. The second kappa shape index (κ2) is 5.48. The van der Waals surface area contributed by atoms with Crippen molar-refractivity contribution in [3.05, 3.63) is 0 Å². The van der Waals surface area contributed by atoms with Crippen molar-refractivity contribution < 1.29 is 4.74 Å². The molecule has 104 valence electrons. The Balaban J connectivity index is 1.54. The second-order valence-corrected chi connectivity index (χ2v) is 6.64. The molecule has 1 N–H and O–H groups in total. The first-order chi connectivity index (χ1) is 8.72. The molecule has 0 saturated carbocycles. The number of fused-ring (bicyclic) bond motifs is 2. The average molecular weight is 252 g/mol. The van der Waals surface area contributed by atoms with Gasteiger partial charge in [0.25, 0.3) is 0 Å². The lowest BCUT2D eigenvalue weighted by molar-refractivity contribution is 0.00136. The van der Waals surface area contributed by atoms with Crippen LogP contribution in [0.2, 0.25) is 0 Å². The maximum atomic E-state index is 5.64. The summed E-state index contributed by atoms with van der Waals surface area (Å²) < 4.78 is 5.64. The van der Waals surface area contributed by atoms with Crippen LogP contribution in [0.5, 0.6) is 0 Å². The van der Waals surface area contributed by atoms with Crippen molar-refractivity contribution in [2.75, 3.05) is 13.7 Å². The molecule has 18 heavy (non-hydrogen) atoms. The van der Waals surface area contributed by atoms with Crippen molar-refractivity contribution in [1.82, 2.24) is 10.2 Å². The summed E-state index contributed by atoms with van der Waals surface area (Å²) in [5, 5.41) is 3.93. The highest BCUT2D eigenvalue weighted by molar-refractivity contribution is 4.94. The van der Waals surface area contributed by atoms with Crippen LogP contribution in [0.4, 0.5) is 0 Å². The van der Waals surface area contributed by atoms with E-state index in [2.05, 4.69) is 24.2 Å². The Bertz CT molecular complexity index is 270. The van der Waals surface area contributed by atoms with Gasteiger partial charge in [0.05, 0.1) is 6.10 Å². The zero-order chi connectivity index (χ0) is 12.5. The van der Waals surface area contributed by atoms with Crippen molar-refractivity contribution in [1.29, 1.82) is 0 Å². The lowest BCUT2D eigenvalue weighted by atomic mass is 9.82.